The number of carbonyl (C=O) groups is 2. The van der Waals surface area contributed by atoms with Gasteiger partial charge in [0.15, 0.2) is 23.0 Å². The lowest BCUT2D eigenvalue weighted by Gasteiger charge is -2.17. The topological polar surface area (TPSA) is 196 Å². The van der Waals surface area contributed by atoms with Gasteiger partial charge in [0, 0.05) is 7.05 Å². The molecule has 0 aliphatic carbocycles. The van der Waals surface area contributed by atoms with E-state index in [2.05, 4.69) is 0 Å². The van der Waals surface area contributed by atoms with Crippen molar-refractivity contribution in [2.75, 3.05) is 26.8 Å². The molecule has 222 valence electrons. The molecule has 0 saturated carbocycles. The van der Waals surface area contributed by atoms with Gasteiger partial charge in [-0.15, -0.1) is 0 Å². The fraction of sp³-hybridized carbons (Fsp3) is 0.346. The highest BCUT2D eigenvalue weighted by atomic mass is 16.7. The van der Waals surface area contributed by atoms with Crippen LogP contribution in [0.4, 0.5) is 0 Å². The highest BCUT2D eigenvalue weighted by Crippen LogP contribution is 2.33. The van der Waals surface area contributed by atoms with Gasteiger partial charge < -0.3 is 38.6 Å². The standard InChI is InChI=1S/C26H25N3O13/c1-27-24(34)28(8-16(30)10-37-22(32)14-2-4-18-20(6-14)41-12-39-18)26(36)29(25(27)35)9-17(31)11-38-23(33)15-3-5-19-21(7-15)42-13-40-19/h2-7,16-17,30-31H,8-13H2,1H3. The van der Waals surface area contributed by atoms with Crippen molar-refractivity contribution < 1.29 is 48.2 Å². The highest BCUT2D eigenvalue weighted by molar-refractivity contribution is 5.90. The van der Waals surface area contributed by atoms with Crippen molar-refractivity contribution in [2.45, 2.75) is 25.3 Å². The predicted molar refractivity (Wildman–Crippen MR) is 138 cm³/mol. The summed E-state index contributed by atoms with van der Waals surface area (Å²) in [6, 6.07) is 8.74. The third-order valence-corrected chi connectivity index (χ3v) is 6.31. The summed E-state index contributed by atoms with van der Waals surface area (Å²) >= 11 is 0. The van der Waals surface area contributed by atoms with Gasteiger partial charge in [-0.2, -0.15) is 0 Å². The van der Waals surface area contributed by atoms with Gasteiger partial charge in [-0.3, -0.25) is 0 Å². The monoisotopic (exact) mass is 587 g/mol. The van der Waals surface area contributed by atoms with Crippen LogP contribution in [0.25, 0.3) is 0 Å². The maximum absolute atomic E-state index is 13.0. The number of aliphatic hydroxyl groups is 2. The number of aromatic nitrogens is 3. The maximum atomic E-state index is 13.0. The van der Waals surface area contributed by atoms with Gasteiger partial charge in [0.2, 0.25) is 13.6 Å². The Hall–Kier alpha value is -5.09. The molecule has 16 nitrogen and oxygen atoms in total. The quantitative estimate of drug-likeness (QED) is 0.263. The molecule has 2 unspecified atom stereocenters. The maximum Gasteiger partial charge on any atom is 0.338 e. The van der Waals surface area contributed by atoms with E-state index in [1.165, 1.54) is 36.4 Å². The largest absolute Gasteiger partial charge is 0.459 e. The summed E-state index contributed by atoms with van der Waals surface area (Å²) in [4.78, 5) is 63.0. The van der Waals surface area contributed by atoms with E-state index in [9.17, 15) is 34.2 Å². The van der Waals surface area contributed by atoms with Crippen LogP contribution in [0.2, 0.25) is 0 Å². The Kier molecular flexibility index (Phi) is 7.99. The molecule has 42 heavy (non-hydrogen) atoms. The Morgan fingerprint density at radius 3 is 1.55 bits per heavy atom. The Morgan fingerprint density at radius 1 is 0.714 bits per heavy atom. The molecular weight excluding hydrogens is 562 g/mol. The predicted octanol–water partition coefficient (Wildman–Crippen LogP) is -1.40. The SMILES string of the molecule is Cn1c(=O)n(CC(O)COC(=O)c2ccc3c(c2)OCO3)c(=O)n(CC(O)COC(=O)c2ccc3c(c2)OCO3)c1=O. The summed E-state index contributed by atoms with van der Waals surface area (Å²) in [5, 5.41) is 20.8. The van der Waals surface area contributed by atoms with Crippen LogP contribution >= 0.6 is 0 Å². The van der Waals surface area contributed by atoms with Crippen molar-refractivity contribution in [2.24, 2.45) is 7.05 Å². The Labute approximate surface area is 235 Å². The smallest absolute Gasteiger partial charge is 0.338 e. The van der Waals surface area contributed by atoms with Gasteiger partial charge in [-0.05, 0) is 36.4 Å². The van der Waals surface area contributed by atoms with Gasteiger partial charge >= 0.3 is 29.0 Å². The second-order valence-electron chi connectivity index (χ2n) is 9.27. The first-order valence-electron chi connectivity index (χ1n) is 12.5. The number of fused-ring (bicyclic) bond motifs is 2. The van der Waals surface area contributed by atoms with Crippen LogP contribution in [0.1, 0.15) is 20.7 Å². The van der Waals surface area contributed by atoms with E-state index in [4.69, 9.17) is 28.4 Å². The third-order valence-electron chi connectivity index (χ3n) is 6.31. The molecule has 3 heterocycles. The third kappa shape index (κ3) is 5.84. The zero-order chi connectivity index (χ0) is 30.0. The number of hydrogen-bond donors (Lipinski definition) is 2. The summed E-state index contributed by atoms with van der Waals surface area (Å²) in [5.41, 5.74) is -2.95. The summed E-state index contributed by atoms with van der Waals surface area (Å²) in [5.74, 6) is 0.0428. The van der Waals surface area contributed by atoms with Crippen LogP contribution in [-0.4, -0.2) is 74.9 Å². The molecule has 1 aromatic heterocycles. The molecule has 2 N–H and O–H groups in total. The number of benzene rings is 2. The van der Waals surface area contributed by atoms with Crippen molar-refractivity contribution in [3.8, 4) is 23.0 Å². The number of aliphatic hydroxyl groups excluding tert-OH is 2. The number of ether oxygens (including phenoxy) is 6. The number of hydrogen-bond acceptors (Lipinski definition) is 13. The minimum absolute atomic E-state index is 0.0156. The van der Waals surface area contributed by atoms with Crippen LogP contribution in [0, 0.1) is 0 Å². The Bertz CT molecular complexity index is 1590. The Morgan fingerprint density at radius 2 is 1.12 bits per heavy atom. The normalized spacial score (nSPS) is 14.4. The van der Waals surface area contributed by atoms with Crippen LogP contribution in [-0.2, 0) is 29.6 Å². The minimum Gasteiger partial charge on any atom is -0.459 e. The summed E-state index contributed by atoms with van der Waals surface area (Å²) < 4.78 is 32.7. The first-order chi connectivity index (χ1) is 20.1. The molecule has 0 amide bonds. The highest BCUT2D eigenvalue weighted by Gasteiger charge is 2.22. The summed E-state index contributed by atoms with van der Waals surface area (Å²) in [7, 11) is 1.11. The molecule has 2 aliphatic rings. The molecule has 2 atom stereocenters. The number of rotatable bonds is 10. The molecule has 0 radical (unpaired) electrons. The van der Waals surface area contributed by atoms with E-state index in [-0.39, 0.29) is 24.7 Å². The molecule has 0 bridgehead atoms. The van der Waals surface area contributed by atoms with Crippen LogP contribution in [0.15, 0.2) is 50.8 Å². The lowest BCUT2D eigenvalue weighted by molar-refractivity contribution is 0.0189. The minimum atomic E-state index is -1.51. The molecule has 2 aliphatic heterocycles. The Balaban J connectivity index is 1.21. The molecule has 2 aromatic carbocycles. The average Bonchev–Trinajstić information content (AvgIpc) is 3.66. The van der Waals surface area contributed by atoms with Gasteiger partial charge in [-0.25, -0.2) is 37.7 Å². The van der Waals surface area contributed by atoms with Crippen molar-refractivity contribution in [3.63, 3.8) is 0 Å². The molecule has 5 rings (SSSR count). The molecule has 0 spiro atoms. The van der Waals surface area contributed by atoms with Crippen molar-refractivity contribution in [1.29, 1.82) is 0 Å². The molecule has 0 saturated heterocycles. The zero-order valence-corrected chi connectivity index (χ0v) is 22.1. The molecular formula is C26H25N3O13. The van der Waals surface area contributed by atoms with E-state index in [1.807, 2.05) is 0 Å². The van der Waals surface area contributed by atoms with Crippen LogP contribution in [0.5, 0.6) is 23.0 Å². The lowest BCUT2D eigenvalue weighted by atomic mass is 10.2. The zero-order valence-electron chi connectivity index (χ0n) is 22.1. The van der Waals surface area contributed by atoms with E-state index in [1.54, 1.807) is 0 Å². The number of esters is 2. The second kappa shape index (κ2) is 11.8. The van der Waals surface area contributed by atoms with Crippen molar-refractivity contribution in [3.05, 3.63) is 79.0 Å². The summed E-state index contributed by atoms with van der Waals surface area (Å²) in [6.07, 6.45) is -3.02. The first kappa shape index (κ1) is 28.4. The number of carbonyl (C=O) groups excluding carboxylic acids is 2. The van der Waals surface area contributed by atoms with Crippen LogP contribution in [0.3, 0.4) is 0 Å². The fourth-order valence-corrected chi connectivity index (χ4v) is 4.15. The van der Waals surface area contributed by atoms with E-state index < -0.39 is 67.5 Å². The van der Waals surface area contributed by atoms with Gasteiger partial charge in [0.05, 0.1) is 24.2 Å². The van der Waals surface area contributed by atoms with E-state index in [0.717, 1.165) is 7.05 Å². The summed E-state index contributed by atoms with van der Waals surface area (Å²) in [6.45, 7) is -2.39. The fourth-order valence-electron chi connectivity index (χ4n) is 4.15. The van der Waals surface area contributed by atoms with Crippen LogP contribution < -0.4 is 36.0 Å². The van der Waals surface area contributed by atoms with Crippen molar-refractivity contribution >= 4 is 11.9 Å². The second-order valence-corrected chi connectivity index (χ2v) is 9.27. The van der Waals surface area contributed by atoms with Gasteiger partial charge in [0.25, 0.3) is 0 Å². The first-order valence-corrected chi connectivity index (χ1v) is 12.5. The lowest BCUT2D eigenvalue weighted by Crippen LogP contribution is -2.56. The average molecular weight is 587 g/mol. The van der Waals surface area contributed by atoms with Crippen molar-refractivity contribution in [1.82, 2.24) is 13.7 Å². The van der Waals surface area contributed by atoms with Gasteiger partial charge in [0.1, 0.15) is 25.4 Å². The molecule has 0 fully saturated rings. The van der Waals surface area contributed by atoms with E-state index >= 15 is 0 Å². The molecule has 3 aromatic rings. The van der Waals surface area contributed by atoms with Gasteiger partial charge in [-0.1, -0.05) is 0 Å². The molecule has 16 heteroatoms. The number of nitrogens with zero attached hydrogens (tertiary/aromatic N) is 3. The van der Waals surface area contributed by atoms with E-state index in [0.29, 0.717) is 36.7 Å².